The van der Waals surface area contributed by atoms with Crippen LogP contribution < -0.4 is 15.4 Å². The van der Waals surface area contributed by atoms with Crippen molar-refractivity contribution in [2.75, 3.05) is 17.7 Å². The van der Waals surface area contributed by atoms with Crippen molar-refractivity contribution in [3.8, 4) is 11.5 Å². The number of halogens is 2. The predicted molar refractivity (Wildman–Crippen MR) is 108 cm³/mol. The van der Waals surface area contributed by atoms with Crippen molar-refractivity contribution in [2.45, 2.75) is 0 Å². The first-order valence-corrected chi connectivity index (χ1v) is 8.80. The van der Waals surface area contributed by atoms with E-state index in [2.05, 4.69) is 10.6 Å². The van der Waals surface area contributed by atoms with E-state index in [4.69, 9.17) is 16.3 Å². The molecular weight excluding hydrogens is 399 g/mol. The van der Waals surface area contributed by atoms with E-state index in [0.717, 1.165) is 6.07 Å². The van der Waals surface area contributed by atoms with Crippen molar-refractivity contribution in [1.29, 1.82) is 0 Å². The van der Waals surface area contributed by atoms with Crippen LogP contribution in [-0.4, -0.2) is 24.0 Å². The summed E-state index contributed by atoms with van der Waals surface area (Å²) in [5, 5.41) is 15.2. The number of para-hydroxylation sites is 1. The Morgan fingerprint density at radius 2 is 1.69 bits per heavy atom. The monoisotopic (exact) mass is 414 g/mol. The molecule has 3 aromatic rings. The van der Waals surface area contributed by atoms with E-state index in [9.17, 15) is 19.1 Å². The molecule has 0 unspecified atom stereocenters. The van der Waals surface area contributed by atoms with Gasteiger partial charge in [0.05, 0.1) is 23.9 Å². The fourth-order valence-electron chi connectivity index (χ4n) is 2.61. The number of benzene rings is 3. The molecule has 8 heteroatoms. The average molecular weight is 415 g/mol. The summed E-state index contributed by atoms with van der Waals surface area (Å²) in [6.45, 7) is 0. The Labute approximate surface area is 170 Å². The Hall–Kier alpha value is -3.58. The number of phenols is 1. The molecule has 0 aliphatic rings. The molecule has 0 fully saturated rings. The van der Waals surface area contributed by atoms with Crippen LogP contribution in [-0.2, 0) is 0 Å². The molecular formula is C21H16ClFN2O4. The molecule has 0 saturated heterocycles. The highest BCUT2D eigenvalue weighted by Crippen LogP contribution is 2.29. The van der Waals surface area contributed by atoms with Crippen LogP contribution in [0.1, 0.15) is 20.7 Å². The minimum absolute atomic E-state index is 0.0946. The first-order valence-electron chi connectivity index (χ1n) is 8.43. The standard InChI is InChI=1S/C21H16ClFN2O4/c1-29-19-9-7-13(24-21(28)15-4-2-3-5-18(15)26)11-17(19)25-20(27)14-8-6-12(22)10-16(14)23/h2-11,26H,1H3,(H,24,28)(H,25,27). The van der Waals surface area contributed by atoms with Gasteiger partial charge in [0.2, 0.25) is 0 Å². The zero-order valence-corrected chi connectivity index (χ0v) is 16.0. The summed E-state index contributed by atoms with van der Waals surface area (Å²) in [6, 6.07) is 14.4. The van der Waals surface area contributed by atoms with Gasteiger partial charge < -0.3 is 20.5 Å². The number of hydrogen-bond donors (Lipinski definition) is 3. The fraction of sp³-hybridized carbons (Fsp3) is 0.0476. The van der Waals surface area contributed by atoms with E-state index < -0.39 is 17.6 Å². The lowest BCUT2D eigenvalue weighted by atomic mass is 10.1. The molecule has 29 heavy (non-hydrogen) atoms. The van der Waals surface area contributed by atoms with Gasteiger partial charge in [-0.3, -0.25) is 9.59 Å². The third kappa shape index (κ3) is 4.64. The maximum Gasteiger partial charge on any atom is 0.259 e. The zero-order valence-electron chi connectivity index (χ0n) is 15.2. The minimum atomic E-state index is -0.766. The van der Waals surface area contributed by atoms with Crippen molar-refractivity contribution >= 4 is 34.8 Å². The first kappa shape index (κ1) is 20.2. The van der Waals surface area contributed by atoms with Gasteiger partial charge in [-0.05, 0) is 48.5 Å². The van der Waals surface area contributed by atoms with Crippen molar-refractivity contribution in [1.82, 2.24) is 0 Å². The van der Waals surface area contributed by atoms with Gasteiger partial charge in [-0.15, -0.1) is 0 Å². The molecule has 3 rings (SSSR count). The van der Waals surface area contributed by atoms with Gasteiger partial charge in [-0.25, -0.2) is 4.39 Å². The maximum atomic E-state index is 14.0. The number of amides is 2. The van der Waals surface area contributed by atoms with Crippen LogP contribution in [0.4, 0.5) is 15.8 Å². The summed E-state index contributed by atoms with van der Waals surface area (Å²) < 4.78 is 19.2. The molecule has 0 bridgehead atoms. The van der Waals surface area contributed by atoms with E-state index in [0.29, 0.717) is 11.4 Å². The molecule has 0 spiro atoms. The number of phenolic OH excluding ortho intramolecular Hbond substituents is 1. The Bertz CT molecular complexity index is 1090. The Morgan fingerprint density at radius 3 is 2.38 bits per heavy atom. The van der Waals surface area contributed by atoms with E-state index >= 15 is 0 Å². The average Bonchev–Trinajstić information content (AvgIpc) is 2.68. The van der Waals surface area contributed by atoms with Crippen LogP contribution in [0.15, 0.2) is 60.7 Å². The van der Waals surface area contributed by atoms with Crippen molar-refractivity contribution in [3.63, 3.8) is 0 Å². The molecule has 0 radical (unpaired) electrons. The number of ether oxygens (including phenoxy) is 1. The lowest BCUT2D eigenvalue weighted by Gasteiger charge is -2.13. The van der Waals surface area contributed by atoms with Gasteiger partial charge in [0.1, 0.15) is 17.3 Å². The number of nitrogens with one attached hydrogen (secondary N) is 2. The van der Waals surface area contributed by atoms with Crippen molar-refractivity contribution in [2.24, 2.45) is 0 Å². The van der Waals surface area contributed by atoms with E-state index in [-0.39, 0.29) is 27.6 Å². The number of carbonyl (C=O) groups is 2. The van der Waals surface area contributed by atoms with E-state index in [1.807, 2.05) is 0 Å². The number of methoxy groups -OCH3 is 1. The molecule has 0 heterocycles. The third-order valence-corrected chi connectivity index (χ3v) is 4.27. The Morgan fingerprint density at radius 1 is 0.966 bits per heavy atom. The highest BCUT2D eigenvalue weighted by molar-refractivity contribution is 6.30. The SMILES string of the molecule is COc1ccc(NC(=O)c2ccccc2O)cc1NC(=O)c1ccc(Cl)cc1F. The smallest absolute Gasteiger partial charge is 0.259 e. The van der Waals surface area contributed by atoms with Gasteiger partial charge in [0.25, 0.3) is 11.8 Å². The lowest BCUT2D eigenvalue weighted by Crippen LogP contribution is -2.15. The van der Waals surface area contributed by atoms with Crippen LogP contribution in [0, 0.1) is 5.82 Å². The van der Waals surface area contributed by atoms with Crippen molar-refractivity contribution < 1.29 is 23.8 Å². The van der Waals surface area contributed by atoms with Gasteiger partial charge >= 0.3 is 0 Å². The van der Waals surface area contributed by atoms with Crippen LogP contribution in [0.25, 0.3) is 0 Å². The number of carbonyl (C=O) groups excluding carboxylic acids is 2. The number of anilines is 2. The molecule has 0 aliphatic heterocycles. The largest absolute Gasteiger partial charge is 0.507 e. The van der Waals surface area contributed by atoms with Gasteiger partial charge in [-0.1, -0.05) is 23.7 Å². The normalized spacial score (nSPS) is 10.3. The summed E-state index contributed by atoms with van der Waals surface area (Å²) in [5.41, 5.74) is 0.463. The second-order valence-electron chi connectivity index (χ2n) is 5.96. The third-order valence-electron chi connectivity index (χ3n) is 4.03. The number of hydrogen-bond acceptors (Lipinski definition) is 4. The number of rotatable bonds is 5. The highest BCUT2D eigenvalue weighted by atomic mass is 35.5. The molecule has 3 N–H and O–H groups in total. The van der Waals surface area contributed by atoms with Gasteiger partial charge in [-0.2, -0.15) is 0 Å². The van der Waals surface area contributed by atoms with E-state index in [1.54, 1.807) is 18.2 Å². The van der Waals surface area contributed by atoms with Gasteiger partial charge in [0.15, 0.2) is 0 Å². The quantitative estimate of drug-likeness (QED) is 0.564. The molecule has 148 valence electrons. The maximum absolute atomic E-state index is 14.0. The topological polar surface area (TPSA) is 87.7 Å². The fourth-order valence-corrected chi connectivity index (χ4v) is 2.77. The van der Waals surface area contributed by atoms with Crippen LogP contribution in [0.3, 0.4) is 0 Å². The molecule has 3 aromatic carbocycles. The van der Waals surface area contributed by atoms with Crippen LogP contribution >= 0.6 is 11.6 Å². The second-order valence-corrected chi connectivity index (χ2v) is 6.40. The minimum Gasteiger partial charge on any atom is -0.507 e. The zero-order chi connectivity index (χ0) is 21.0. The molecule has 0 atom stereocenters. The molecule has 6 nitrogen and oxygen atoms in total. The summed E-state index contributed by atoms with van der Waals surface area (Å²) in [7, 11) is 1.41. The summed E-state index contributed by atoms with van der Waals surface area (Å²) in [6.07, 6.45) is 0. The lowest BCUT2D eigenvalue weighted by molar-refractivity contribution is 0.101. The van der Waals surface area contributed by atoms with Crippen molar-refractivity contribution in [3.05, 3.63) is 82.6 Å². The Balaban J connectivity index is 1.84. The van der Waals surface area contributed by atoms with E-state index in [1.165, 1.54) is 43.5 Å². The van der Waals surface area contributed by atoms with Crippen LogP contribution in [0.5, 0.6) is 11.5 Å². The van der Waals surface area contributed by atoms with Crippen LogP contribution in [0.2, 0.25) is 5.02 Å². The first-order chi connectivity index (χ1) is 13.9. The molecule has 0 aliphatic carbocycles. The summed E-state index contributed by atoms with van der Waals surface area (Å²) in [5.74, 6) is -1.85. The molecule has 2 amide bonds. The highest BCUT2D eigenvalue weighted by Gasteiger charge is 2.16. The second kappa shape index (κ2) is 8.62. The molecule has 0 saturated carbocycles. The summed E-state index contributed by atoms with van der Waals surface area (Å²) >= 11 is 5.71. The molecule has 0 aromatic heterocycles. The van der Waals surface area contributed by atoms with Gasteiger partial charge in [0, 0.05) is 10.7 Å². The Kier molecular flexibility index (Phi) is 5.99. The number of aromatic hydroxyl groups is 1. The summed E-state index contributed by atoms with van der Waals surface area (Å²) in [4.78, 5) is 24.8. The predicted octanol–water partition coefficient (Wildman–Crippen LogP) is 4.70.